The molecule has 0 bridgehead atoms. The smallest absolute Gasteiger partial charge is 0.339 e. The standard InChI is InChI=1S/C15H13ClFNO5S/c1-22-14-8-10(4-6-13(14)17)24(20,21)18-9-3-5-12(16)11(7-9)15(19)23-2/h3-8,18H,1-2H3. The van der Waals surface area contributed by atoms with Gasteiger partial charge >= 0.3 is 5.97 Å². The van der Waals surface area contributed by atoms with Crippen molar-refractivity contribution in [2.75, 3.05) is 18.9 Å². The van der Waals surface area contributed by atoms with E-state index >= 15 is 0 Å². The number of carbonyl (C=O) groups excluding carboxylic acids is 1. The summed E-state index contributed by atoms with van der Waals surface area (Å²) in [6.07, 6.45) is 0. The molecule has 0 aliphatic heterocycles. The molecular formula is C15H13ClFNO5S. The number of esters is 1. The van der Waals surface area contributed by atoms with Crippen LogP contribution < -0.4 is 9.46 Å². The van der Waals surface area contributed by atoms with E-state index in [9.17, 15) is 17.6 Å². The van der Waals surface area contributed by atoms with E-state index in [0.717, 1.165) is 18.2 Å². The monoisotopic (exact) mass is 373 g/mol. The van der Waals surface area contributed by atoms with E-state index in [1.54, 1.807) is 0 Å². The first-order valence-electron chi connectivity index (χ1n) is 6.52. The van der Waals surface area contributed by atoms with Crippen LogP contribution in [0, 0.1) is 5.82 Å². The maximum atomic E-state index is 13.4. The molecule has 0 fully saturated rings. The fourth-order valence-corrected chi connectivity index (χ4v) is 3.14. The molecule has 0 aliphatic carbocycles. The Hall–Kier alpha value is -2.32. The highest BCUT2D eigenvalue weighted by Gasteiger charge is 2.19. The molecule has 0 radical (unpaired) electrons. The minimum absolute atomic E-state index is 0.0102. The van der Waals surface area contributed by atoms with Crippen LogP contribution in [0.3, 0.4) is 0 Å². The predicted octanol–water partition coefficient (Wildman–Crippen LogP) is 3.08. The summed E-state index contributed by atoms with van der Waals surface area (Å²) in [6, 6.07) is 7.11. The summed E-state index contributed by atoms with van der Waals surface area (Å²) in [5, 5.41) is 0.119. The van der Waals surface area contributed by atoms with E-state index in [0.29, 0.717) is 0 Å². The number of halogens is 2. The van der Waals surface area contributed by atoms with E-state index in [1.807, 2.05) is 0 Å². The van der Waals surface area contributed by atoms with Crippen molar-refractivity contribution in [3.05, 3.63) is 52.8 Å². The summed E-state index contributed by atoms with van der Waals surface area (Å²) in [4.78, 5) is 11.4. The average molecular weight is 374 g/mol. The van der Waals surface area contributed by atoms with Gasteiger partial charge in [0.25, 0.3) is 10.0 Å². The molecule has 1 N–H and O–H groups in total. The van der Waals surface area contributed by atoms with Crippen molar-refractivity contribution in [3.8, 4) is 5.75 Å². The van der Waals surface area contributed by atoms with Crippen molar-refractivity contribution in [1.82, 2.24) is 0 Å². The minimum atomic E-state index is -4.02. The van der Waals surface area contributed by atoms with Crippen LogP contribution in [0.1, 0.15) is 10.4 Å². The first-order chi connectivity index (χ1) is 11.3. The average Bonchev–Trinajstić information content (AvgIpc) is 2.55. The molecule has 9 heteroatoms. The second-order valence-corrected chi connectivity index (χ2v) is 6.68. The number of hydrogen-bond donors (Lipinski definition) is 1. The summed E-state index contributed by atoms with van der Waals surface area (Å²) in [5.41, 5.74) is 0.110. The second-order valence-electron chi connectivity index (χ2n) is 4.59. The quantitative estimate of drug-likeness (QED) is 0.814. The summed E-state index contributed by atoms with van der Waals surface area (Å²) >= 11 is 5.88. The molecule has 128 valence electrons. The molecular weight excluding hydrogens is 361 g/mol. The van der Waals surface area contributed by atoms with Gasteiger partial charge in [0.05, 0.1) is 29.7 Å². The van der Waals surface area contributed by atoms with Gasteiger partial charge in [-0.05, 0) is 30.3 Å². The third-order valence-corrected chi connectivity index (χ3v) is 4.77. The molecule has 0 spiro atoms. The van der Waals surface area contributed by atoms with Gasteiger partial charge in [0.2, 0.25) is 0 Å². The molecule has 0 aromatic heterocycles. The van der Waals surface area contributed by atoms with Crippen molar-refractivity contribution >= 4 is 33.3 Å². The highest BCUT2D eigenvalue weighted by Crippen LogP contribution is 2.26. The maximum absolute atomic E-state index is 13.4. The molecule has 2 aromatic rings. The molecule has 0 unspecified atom stereocenters. The van der Waals surface area contributed by atoms with E-state index in [2.05, 4.69) is 9.46 Å². The third kappa shape index (κ3) is 3.77. The number of methoxy groups -OCH3 is 2. The molecule has 24 heavy (non-hydrogen) atoms. The summed E-state index contributed by atoms with van der Waals surface area (Å²) in [6.45, 7) is 0. The van der Waals surface area contributed by atoms with E-state index in [4.69, 9.17) is 16.3 Å². The third-order valence-electron chi connectivity index (χ3n) is 3.06. The number of rotatable bonds is 5. The van der Waals surface area contributed by atoms with Gasteiger partial charge in [0, 0.05) is 11.8 Å². The zero-order valence-electron chi connectivity index (χ0n) is 12.7. The lowest BCUT2D eigenvalue weighted by Crippen LogP contribution is -2.14. The Labute approximate surface area is 143 Å². The van der Waals surface area contributed by atoms with Crippen LogP contribution in [0.5, 0.6) is 5.75 Å². The van der Waals surface area contributed by atoms with Crippen molar-refractivity contribution in [3.63, 3.8) is 0 Å². The van der Waals surface area contributed by atoms with Gasteiger partial charge in [0.1, 0.15) is 0 Å². The molecule has 0 heterocycles. The van der Waals surface area contributed by atoms with Gasteiger partial charge in [-0.25, -0.2) is 17.6 Å². The Kier molecular flexibility index (Phi) is 5.30. The van der Waals surface area contributed by atoms with Gasteiger partial charge in [-0.1, -0.05) is 11.6 Å². The van der Waals surface area contributed by atoms with Crippen molar-refractivity contribution in [2.24, 2.45) is 0 Å². The highest BCUT2D eigenvalue weighted by molar-refractivity contribution is 7.92. The van der Waals surface area contributed by atoms with Gasteiger partial charge in [-0.2, -0.15) is 0 Å². The van der Waals surface area contributed by atoms with Gasteiger partial charge in [0.15, 0.2) is 11.6 Å². The van der Waals surface area contributed by atoms with Crippen molar-refractivity contribution in [2.45, 2.75) is 4.90 Å². The number of hydrogen-bond acceptors (Lipinski definition) is 5. The summed E-state index contributed by atoms with van der Waals surface area (Å²) in [7, 11) is -1.61. The van der Waals surface area contributed by atoms with Crippen molar-refractivity contribution in [1.29, 1.82) is 0 Å². The van der Waals surface area contributed by atoms with E-state index in [-0.39, 0.29) is 26.9 Å². The van der Waals surface area contributed by atoms with Crippen LogP contribution >= 0.6 is 11.6 Å². The van der Waals surface area contributed by atoms with Crippen LogP contribution in [-0.4, -0.2) is 28.6 Å². The Morgan fingerprint density at radius 1 is 1.17 bits per heavy atom. The molecule has 2 rings (SSSR count). The van der Waals surface area contributed by atoms with E-state index in [1.165, 1.54) is 32.4 Å². The second kappa shape index (κ2) is 7.06. The zero-order chi connectivity index (χ0) is 17.9. The van der Waals surface area contributed by atoms with Crippen LogP contribution in [0.15, 0.2) is 41.3 Å². The fraction of sp³-hybridized carbons (Fsp3) is 0.133. The highest BCUT2D eigenvalue weighted by atomic mass is 35.5. The normalized spacial score (nSPS) is 11.0. The molecule has 0 aliphatic rings. The number of ether oxygens (including phenoxy) is 2. The SMILES string of the molecule is COC(=O)c1cc(NS(=O)(=O)c2ccc(F)c(OC)c2)ccc1Cl. The van der Waals surface area contributed by atoms with Gasteiger partial charge < -0.3 is 9.47 Å². The van der Waals surface area contributed by atoms with Crippen LogP contribution in [0.25, 0.3) is 0 Å². The molecule has 6 nitrogen and oxygen atoms in total. The Bertz CT molecular complexity index is 885. The lowest BCUT2D eigenvalue weighted by Gasteiger charge is -2.11. The summed E-state index contributed by atoms with van der Waals surface area (Å²) in [5.74, 6) is -1.59. The maximum Gasteiger partial charge on any atom is 0.339 e. The number of carbonyl (C=O) groups is 1. The van der Waals surface area contributed by atoms with Gasteiger partial charge in [-0.3, -0.25) is 4.72 Å². The number of nitrogens with one attached hydrogen (secondary N) is 1. The number of sulfonamides is 1. The van der Waals surface area contributed by atoms with Crippen LogP contribution in [0.4, 0.5) is 10.1 Å². The Balaban J connectivity index is 2.38. The largest absolute Gasteiger partial charge is 0.494 e. The zero-order valence-corrected chi connectivity index (χ0v) is 14.2. The molecule has 0 saturated heterocycles. The van der Waals surface area contributed by atoms with Crippen LogP contribution in [0.2, 0.25) is 5.02 Å². The number of anilines is 1. The lowest BCUT2D eigenvalue weighted by molar-refractivity contribution is 0.0601. The molecule has 0 saturated carbocycles. The molecule has 0 amide bonds. The Morgan fingerprint density at radius 2 is 1.88 bits per heavy atom. The van der Waals surface area contributed by atoms with Crippen LogP contribution in [-0.2, 0) is 14.8 Å². The topological polar surface area (TPSA) is 81.7 Å². The van der Waals surface area contributed by atoms with Gasteiger partial charge in [-0.15, -0.1) is 0 Å². The number of benzene rings is 2. The Morgan fingerprint density at radius 3 is 2.50 bits per heavy atom. The molecule has 2 aromatic carbocycles. The molecule has 0 atom stereocenters. The first kappa shape index (κ1) is 18.0. The van der Waals surface area contributed by atoms with E-state index < -0.39 is 21.8 Å². The minimum Gasteiger partial charge on any atom is -0.494 e. The predicted molar refractivity (Wildman–Crippen MR) is 86.6 cm³/mol. The lowest BCUT2D eigenvalue weighted by atomic mass is 10.2. The summed E-state index contributed by atoms with van der Waals surface area (Å²) < 4.78 is 49.8. The first-order valence-corrected chi connectivity index (χ1v) is 8.39. The fourth-order valence-electron chi connectivity index (χ4n) is 1.88. The van der Waals surface area contributed by atoms with Crippen molar-refractivity contribution < 1.29 is 27.1 Å².